The Labute approximate surface area is 106 Å². The quantitative estimate of drug-likeness (QED) is 0.729. The maximum atomic E-state index is 11.8. The summed E-state index contributed by atoms with van der Waals surface area (Å²) in [7, 11) is 1.92. The summed E-state index contributed by atoms with van der Waals surface area (Å²) < 4.78 is 5.07. The van der Waals surface area contributed by atoms with E-state index in [2.05, 4.69) is 4.98 Å². The van der Waals surface area contributed by atoms with Crippen molar-refractivity contribution in [3.05, 3.63) is 54.2 Å². The average Bonchev–Trinajstić information content (AvgIpc) is 2.91. The molecule has 0 fully saturated rings. The predicted molar refractivity (Wildman–Crippen MR) is 68.5 cm³/mol. The van der Waals surface area contributed by atoms with Crippen LogP contribution in [0.25, 0.3) is 0 Å². The molecule has 0 radical (unpaired) electrons. The monoisotopic (exact) mass is 244 g/mol. The van der Waals surface area contributed by atoms with Gasteiger partial charge in [-0.2, -0.15) is 0 Å². The van der Waals surface area contributed by atoms with E-state index in [1.54, 1.807) is 18.3 Å². The van der Waals surface area contributed by atoms with Crippen LogP contribution in [0.1, 0.15) is 16.2 Å². The van der Waals surface area contributed by atoms with Crippen LogP contribution in [-0.4, -0.2) is 35.8 Å². The molecule has 0 spiro atoms. The average molecular weight is 244 g/mol. The molecule has 0 saturated carbocycles. The van der Waals surface area contributed by atoms with Gasteiger partial charge < -0.3 is 4.42 Å². The molecule has 0 unspecified atom stereocenters. The van der Waals surface area contributed by atoms with Crippen LogP contribution in [-0.2, 0) is 6.42 Å². The van der Waals surface area contributed by atoms with Crippen molar-refractivity contribution in [3.8, 4) is 0 Å². The number of aromatic nitrogens is 1. The molecule has 94 valence electrons. The summed E-state index contributed by atoms with van der Waals surface area (Å²) in [4.78, 5) is 18.0. The van der Waals surface area contributed by atoms with Gasteiger partial charge in [-0.05, 0) is 31.3 Å². The zero-order chi connectivity index (χ0) is 12.8. The minimum Gasteiger partial charge on any atom is -0.461 e. The third kappa shape index (κ3) is 3.53. The van der Waals surface area contributed by atoms with Crippen molar-refractivity contribution in [2.24, 2.45) is 0 Å². The van der Waals surface area contributed by atoms with Gasteiger partial charge in [-0.3, -0.25) is 14.7 Å². The molecule has 0 amide bonds. The SMILES string of the molecule is CN(CCc1ccccn1)CC(=O)c1ccco1. The Morgan fingerprint density at radius 3 is 2.89 bits per heavy atom. The van der Waals surface area contributed by atoms with Crippen molar-refractivity contribution < 1.29 is 9.21 Å². The molecule has 0 aliphatic rings. The first-order valence-corrected chi connectivity index (χ1v) is 5.91. The third-order valence-corrected chi connectivity index (χ3v) is 2.69. The molecule has 18 heavy (non-hydrogen) atoms. The zero-order valence-electron chi connectivity index (χ0n) is 10.4. The summed E-state index contributed by atoms with van der Waals surface area (Å²) in [5.41, 5.74) is 1.04. The van der Waals surface area contributed by atoms with Crippen LogP contribution in [0.5, 0.6) is 0 Å². The van der Waals surface area contributed by atoms with E-state index in [1.807, 2.05) is 30.1 Å². The summed E-state index contributed by atoms with van der Waals surface area (Å²) in [6, 6.07) is 9.27. The van der Waals surface area contributed by atoms with Crippen molar-refractivity contribution in [2.75, 3.05) is 20.1 Å². The summed E-state index contributed by atoms with van der Waals surface area (Å²) in [6.45, 7) is 1.16. The number of Topliss-reactive ketones (excluding diaryl/α,β-unsaturated/α-hetero) is 1. The Kier molecular flexibility index (Phi) is 4.25. The lowest BCUT2D eigenvalue weighted by atomic mass is 10.2. The van der Waals surface area contributed by atoms with Crippen LogP contribution in [0.2, 0.25) is 0 Å². The van der Waals surface area contributed by atoms with Crippen LogP contribution in [0, 0.1) is 0 Å². The number of hydrogen-bond donors (Lipinski definition) is 0. The van der Waals surface area contributed by atoms with Gasteiger partial charge in [-0.15, -0.1) is 0 Å². The molecular weight excluding hydrogens is 228 g/mol. The van der Waals surface area contributed by atoms with E-state index < -0.39 is 0 Å². The van der Waals surface area contributed by atoms with Crippen LogP contribution in [0.4, 0.5) is 0 Å². The second-order valence-corrected chi connectivity index (χ2v) is 4.21. The van der Waals surface area contributed by atoms with E-state index in [1.165, 1.54) is 6.26 Å². The lowest BCUT2D eigenvalue weighted by Crippen LogP contribution is -2.28. The number of likely N-dealkylation sites (N-methyl/N-ethyl adjacent to an activating group) is 1. The first-order valence-electron chi connectivity index (χ1n) is 5.91. The van der Waals surface area contributed by atoms with Crippen molar-refractivity contribution in [3.63, 3.8) is 0 Å². The normalized spacial score (nSPS) is 10.8. The lowest BCUT2D eigenvalue weighted by molar-refractivity contribution is 0.0919. The highest BCUT2D eigenvalue weighted by Crippen LogP contribution is 2.03. The van der Waals surface area contributed by atoms with Crippen LogP contribution >= 0.6 is 0 Å². The molecule has 0 saturated heterocycles. The van der Waals surface area contributed by atoms with Gasteiger partial charge in [0.2, 0.25) is 5.78 Å². The Balaban J connectivity index is 1.79. The number of ketones is 1. The second-order valence-electron chi connectivity index (χ2n) is 4.21. The maximum Gasteiger partial charge on any atom is 0.211 e. The summed E-state index contributed by atoms with van der Waals surface area (Å²) in [6.07, 6.45) is 4.13. The number of furan rings is 1. The van der Waals surface area contributed by atoms with Gasteiger partial charge in [0, 0.05) is 24.9 Å². The number of nitrogens with zero attached hydrogens (tertiary/aromatic N) is 2. The van der Waals surface area contributed by atoms with E-state index in [9.17, 15) is 4.79 Å². The number of hydrogen-bond acceptors (Lipinski definition) is 4. The number of carbonyl (C=O) groups excluding carboxylic acids is 1. The fourth-order valence-corrected chi connectivity index (χ4v) is 1.69. The molecule has 0 N–H and O–H groups in total. The van der Waals surface area contributed by atoms with Gasteiger partial charge in [0.05, 0.1) is 12.8 Å². The number of carbonyl (C=O) groups is 1. The smallest absolute Gasteiger partial charge is 0.211 e. The van der Waals surface area contributed by atoms with Gasteiger partial charge in [0.1, 0.15) is 0 Å². The van der Waals surface area contributed by atoms with E-state index >= 15 is 0 Å². The van der Waals surface area contributed by atoms with Crippen LogP contribution in [0.3, 0.4) is 0 Å². The Bertz CT molecular complexity index is 480. The molecule has 0 bridgehead atoms. The zero-order valence-corrected chi connectivity index (χ0v) is 10.4. The molecule has 2 rings (SSSR count). The molecular formula is C14H16N2O2. The van der Waals surface area contributed by atoms with Crippen LogP contribution in [0.15, 0.2) is 47.2 Å². The number of pyridine rings is 1. The van der Waals surface area contributed by atoms with E-state index in [4.69, 9.17) is 4.42 Å². The largest absolute Gasteiger partial charge is 0.461 e. The summed E-state index contributed by atoms with van der Waals surface area (Å²) in [5.74, 6) is 0.420. The fraction of sp³-hybridized carbons (Fsp3) is 0.286. The second kappa shape index (κ2) is 6.12. The molecule has 0 aromatic carbocycles. The van der Waals surface area contributed by atoms with Gasteiger partial charge in [-0.1, -0.05) is 6.07 Å². The standard InChI is InChI=1S/C14H16N2O2/c1-16(9-7-12-5-2-3-8-15-12)11-13(17)14-6-4-10-18-14/h2-6,8,10H,7,9,11H2,1H3. The minimum absolute atomic E-state index is 0.00326. The van der Waals surface area contributed by atoms with Crippen molar-refractivity contribution in [2.45, 2.75) is 6.42 Å². The van der Waals surface area contributed by atoms with Crippen molar-refractivity contribution >= 4 is 5.78 Å². The first kappa shape index (κ1) is 12.5. The van der Waals surface area contributed by atoms with Crippen molar-refractivity contribution in [1.29, 1.82) is 0 Å². The first-order chi connectivity index (χ1) is 8.75. The van der Waals surface area contributed by atoms with E-state index in [0.717, 1.165) is 18.7 Å². The van der Waals surface area contributed by atoms with Gasteiger partial charge in [0.25, 0.3) is 0 Å². The molecule has 0 aliphatic carbocycles. The lowest BCUT2D eigenvalue weighted by Gasteiger charge is -2.14. The molecule has 4 heteroatoms. The van der Waals surface area contributed by atoms with Gasteiger partial charge >= 0.3 is 0 Å². The van der Waals surface area contributed by atoms with Crippen LogP contribution < -0.4 is 0 Å². The molecule has 2 aromatic heterocycles. The van der Waals surface area contributed by atoms with Gasteiger partial charge in [0.15, 0.2) is 5.76 Å². The van der Waals surface area contributed by atoms with E-state index in [0.29, 0.717) is 12.3 Å². The van der Waals surface area contributed by atoms with Gasteiger partial charge in [-0.25, -0.2) is 0 Å². The van der Waals surface area contributed by atoms with Crippen molar-refractivity contribution in [1.82, 2.24) is 9.88 Å². The fourth-order valence-electron chi connectivity index (χ4n) is 1.69. The third-order valence-electron chi connectivity index (χ3n) is 2.69. The Morgan fingerprint density at radius 2 is 2.22 bits per heavy atom. The highest BCUT2D eigenvalue weighted by atomic mass is 16.3. The number of rotatable bonds is 6. The summed E-state index contributed by atoms with van der Waals surface area (Å²) >= 11 is 0. The molecule has 2 aromatic rings. The maximum absolute atomic E-state index is 11.8. The highest BCUT2D eigenvalue weighted by Gasteiger charge is 2.11. The summed E-state index contributed by atoms with van der Waals surface area (Å²) in [5, 5.41) is 0. The topological polar surface area (TPSA) is 46.3 Å². The van der Waals surface area contributed by atoms with E-state index in [-0.39, 0.29) is 5.78 Å². The molecule has 0 aliphatic heterocycles. The Hall–Kier alpha value is -1.94. The Morgan fingerprint density at radius 1 is 1.33 bits per heavy atom. The molecule has 4 nitrogen and oxygen atoms in total. The predicted octanol–water partition coefficient (Wildman–Crippen LogP) is 2.03. The molecule has 2 heterocycles. The minimum atomic E-state index is 0.00326. The highest BCUT2D eigenvalue weighted by molar-refractivity contribution is 5.94. The molecule has 0 atom stereocenters.